The number of nitrogens with zero attached hydrogens (tertiary/aromatic N) is 4. The molecule has 7 nitrogen and oxygen atoms in total. The van der Waals surface area contributed by atoms with E-state index in [0.717, 1.165) is 60.9 Å². The molecule has 35 heavy (non-hydrogen) atoms. The third kappa shape index (κ3) is 4.40. The van der Waals surface area contributed by atoms with E-state index in [0.29, 0.717) is 18.8 Å². The van der Waals surface area contributed by atoms with Crippen LogP contribution in [0.1, 0.15) is 11.1 Å². The van der Waals surface area contributed by atoms with Crippen molar-refractivity contribution in [3.63, 3.8) is 0 Å². The lowest BCUT2D eigenvalue weighted by molar-refractivity contribution is 0.0973. The lowest BCUT2D eigenvalue weighted by Crippen LogP contribution is -2.47. The minimum atomic E-state index is -0.0424. The fraction of sp³-hybridized carbons (Fsp3) is 0.286. The monoisotopic (exact) mass is 468 g/mol. The van der Waals surface area contributed by atoms with Gasteiger partial charge >= 0.3 is 0 Å². The summed E-state index contributed by atoms with van der Waals surface area (Å²) in [7, 11) is 0. The Balaban J connectivity index is 1.19. The van der Waals surface area contributed by atoms with Crippen molar-refractivity contribution in [1.29, 1.82) is 0 Å². The molecule has 2 aliphatic rings. The van der Waals surface area contributed by atoms with Gasteiger partial charge in [0.25, 0.3) is 5.56 Å². The van der Waals surface area contributed by atoms with Crippen LogP contribution in [0.5, 0.6) is 11.5 Å². The fourth-order valence-electron chi connectivity index (χ4n) is 4.83. The van der Waals surface area contributed by atoms with Crippen LogP contribution in [0, 0.1) is 6.92 Å². The summed E-state index contributed by atoms with van der Waals surface area (Å²) in [4.78, 5) is 18.0. The number of rotatable bonds is 5. The van der Waals surface area contributed by atoms with Crippen molar-refractivity contribution in [1.82, 2.24) is 19.6 Å². The maximum Gasteiger partial charge on any atom is 0.275 e. The van der Waals surface area contributed by atoms with Crippen molar-refractivity contribution in [3.8, 4) is 22.8 Å². The Bertz CT molecular complexity index is 1420. The number of ether oxygens (including phenoxy) is 2. The molecule has 0 amide bonds. The maximum absolute atomic E-state index is 13.3. The van der Waals surface area contributed by atoms with Crippen LogP contribution in [-0.4, -0.2) is 52.6 Å². The molecule has 3 heterocycles. The topological polar surface area (TPSA) is 59.8 Å². The van der Waals surface area contributed by atoms with E-state index < -0.39 is 0 Å². The Hall–Kier alpha value is -3.68. The fourth-order valence-corrected chi connectivity index (χ4v) is 4.83. The van der Waals surface area contributed by atoms with Gasteiger partial charge in [-0.25, -0.2) is 4.68 Å². The van der Waals surface area contributed by atoms with E-state index in [2.05, 4.69) is 53.1 Å². The van der Waals surface area contributed by atoms with E-state index in [1.54, 1.807) is 4.68 Å². The second-order valence-electron chi connectivity index (χ2n) is 9.29. The third-order valence-corrected chi connectivity index (χ3v) is 6.83. The van der Waals surface area contributed by atoms with Crippen molar-refractivity contribution >= 4 is 10.8 Å². The second kappa shape index (κ2) is 9.17. The summed E-state index contributed by atoms with van der Waals surface area (Å²) in [5.41, 5.74) is 4.25. The van der Waals surface area contributed by atoms with Gasteiger partial charge in [0, 0.05) is 43.7 Å². The molecule has 3 aromatic carbocycles. The van der Waals surface area contributed by atoms with E-state index in [9.17, 15) is 4.79 Å². The molecule has 1 aromatic heterocycles. The first kappa shape index (κ1) is 21.8. The quantitative estimate of drug-likeness (QED) is 0.443. The highest BCUT2D eigenvalue weighted by Gasteiger charge is 2.21. The highest BCUT2D eigenvalue weighted by Crippen LogP contribution is 2.33. The molecule has 0 aliphatic carbocycles. The largest absolute Gasteiger partial charge is 0.454 e. The van der Waals surface area contributed by atoms with E-state index in [1.165, 1.54) is 11.1 Å². The average molecular weight is 469 g/mol. The van der Waals surface area contributed by atoms with E-state index >= 15 is 0 Å². The summed E-state index contributed by atoms with van der Waals surface area (Å²) < 4.78 is 12.6. The van der Waals surface area contributed by atoms with Crippen LogP contribution >= 0.6 is 0 Å². The Labute approximate surface area is 204 Å². The first-order chi connectivity index (χ1) is 17.1. The van der Waals surface area contributed by atoms with Gasteiger partial charge < -0.3 is 9.47 Å². The first-order valence-electron chi connectivity index (χ1n) is 12.0. The molecule has 1 saturated heterocycles. The van der Waals surface area contributed by atoms with Gasteiger partial charge in [-0.05, 0) is 30.7 Å². The molecule has 0 N–H and O–H groups in total. The van der Waals surface area contributed by atoms with Gasteiger partial charge in [0.05, 0.1) is 17.7 Å². The molecular weight excluding hydrogens is 440 g/mol. The number of benzene rings is 3. The van der Waals surface area contributed by atoms with Gasteiger partial charge in [-0.15, -0.1) is 0 Å². The molecule has 4 aromatic rings. The van der Waals surface area contributed by atoms with Crippen LogP contribution in [0.25, 0.3) is 22.0 Å². The van der Waals surface area contributed by atoms with E-state index in [1.807, 2.05) is 30.3 Å². The maximum atomic E-state index is 13.3. The van der Waals surface area contributed by atoms with Crippen LogP contribution in [0.4, 0.5) is 0 Å². The Morgan fingerprint density at radius 2 is 1.54 bits per heavy atom. The summed E-state index contributed by atoms with van der Waals surface area (Å²) in [5.74, 6) is 1.64. The minimum absolute atomic E-state index is 0.0424. The van der Waals surface area contributed by atoms with Crippen molar-refractivity contribution < 1.29 is 9.47 Å². The van der Waals surface area contributed by atoms with E-state index in [-0.39, 0.29) is 5.56 Å². The van der Waals surface area contributed by atoms with Crippen LogP contribution in [0.3, 0.4) is 0 Å². The third-order valence-electron chi connectivity index (χ3n) is 6.83. The van der Waals surface area contributed by atoms with Gasteiger partial charge in [0.1, 0.15) is 0 Å². The predicted molar refractivity (Wildman–Crippen MR) is 136 cm³/mol. The minimum Gasteiger partial charge on any atom is -0.454 e. The smallest absolute Gasteiger partial charge is 0.275 e. The summed E-state index contributed by atoms with van der Waals surface area (Å²) >= 11 is 0. The van der Waals surface area contributed by atoms with Crippen LogP contribution < -0.4 is 15.0 Å². The van der Waals surface area contributed by atoms with Crippen molar-refractivity contribution in [3.05, 3.63) is 88.2 Å². The van der Waals surface area contributed by atoms with Crippen molar-refractivity contribution in [2.75, 3.05) is 33.0 Å². The summed E-state index contributed by atoms with van der Waals surface area (Å²) in [5, 5.41) is 6.44. The summed E-state index contributed by atoms with van der Waals surface area (Å²) in [6.07, 6.45) is 0. The van der Waals surface area contributed by atoms with Gasteiger partial charge in [0.15, 0.2) is 11.5 Å². The molecule has 0 unspecified atom stereocenters. The molecule has 0 atom stereocenters. The van der Waals surface area contributed by atoms with Crippen LogP contribution in [0.2, 0.25) is 0 Å². The van der Waals surface area contributed by atoms with Crippen molar-refractivity contribution in [2.45, 2.75) is 20.1 Å². The standard InChI is InChI=1S/C28H28N4O3/c1-20-6-9-22(10-7-20)27-23-4-2-3-5-24(23)28(33)32(29-27)18-31-14-12-30(13-15-31)17-21-8-11-25-26(16-21)35-19-34-25/h2-11,16H,12-15,17-19H2,1H3. The number of aryl methyl sites for hydroxylation is 1. The number of aromatic nitrogens is 2. The normalized spacial score (nSPS) is 16.1. The second-order valence-corrected chi connectivity index (χ2v) is 9.29. The number of hydrogen-bond donors (Lipinski definition) is 0. The molecule has 0 saturated carbocycles. The van der Waals surface area contributed by atoms with Crippen LogP contribution in [-0.2, 0) is 13.2 Å². The van der Waals surface area contributed by atoms with Crippen molar-refractivity contribution in [2.24, 2.45) is 0 Å². The molecule has 178 valence electrons. The summed E-state index contributed by atoms with van der Waals surface area (Å²) in [6.45, 7) is 7.35. The molecule has 0 radical (unpaired) electrons. The number of hydrogen-bond acceptors (Lipinski definition) is 6. The molecule has 0 bridgehead atoms. The Morgan fingerprint density at radius 3 is 2.34 bits per heavy atom. The Kier molecular flexibility index (Phi) is 5.72. The molecule has 6 rings (SSSR count). The van der Waals surface area contributed by atoms with Crippen LogP contribution in [0.15, 0.2) is 71.5 Å². The van der Waals surface area contributed by atoms with E-state index in [4.69, 9.17) is 14.6 Å². The molecule has 7 heteroatoms. The predicted octanol–water partition coefficient (Wildman–Crippen LogP) is 3.88. The van der Waals surface area contributed by atoms with Gasteiger partial charge in [0.2, 0.25) is 6.79 Å². The zero-order valence-electron chi connectivity index (χ0n) is 19.8. The molecular formula is C28H28N4O3. The van der Waals surface area contributed by atoms with Gasteiger partial charge in [-0.1, -0.05) is 54.1 Å². The van der Waals surface area contributed by atoms with Gasteiger partial charge in [-0.2, -0.15) is 5.10 Å². The molecule has 2 aliphatic heterocycles. The average Bonchev–Trinajstić information content (AvgIpc) is 3.36. The SMILES string of the molecule is Cc1ccc(-c2nn(CN3CCN(Cc4ccc5c(c4)OCO5)CC3)c(=O)c3ccccc23)cc1. The number of fused-ring (bicyclic) bond motifs is 2. The highest BCUT2D eigenvalue weighted by molar-refractivity contribution is 5.93. The first-order valence-corrected chi connectivity index (χ1v) is 12.0. The molecule has 0 spiro atoms. The number of piperazine rings is 1. The van der Waals surface area contributed by atoms with Gasteiger partial charge in [-0.3, -0.25) is 14.6 Å². The lowest BCUT2D eigenvalue weighted by Gasteiger charge is -2.34. The Morgan fingerprint density at radius 1 is 0.829 bits per heavy atom. The zero-order valence-corrected chi connectivity index (χ0v) is 19.8. The summed E-state index contributed by atoms with van der Waals surface area (Å²) in [6, 6.07) is 22.2. The highest BCUT2D eigenvalue weighted by atomic mass is 16.7. The molecule has 1 fully saturated rings. The zero-order chi connectivity index (χ0) is 23.8. The lowest BCUT2D eigenvalue weighted by atomic mass is 10.0.